The van der Waals surface area contributed by atoms with Crippen molar-refractivity contribution in [2.45, 2.75) is 51.6 Å². The number of primary amides is 1. The van der Waals surface area contributed by atoms with E-state index < -0.39 is 11.7 Å². The minimum absolute atomic E-state index is 0.0113. The van der Waals surface area contributed by atoms with Gasteiger partial charge in [0.1, 0.15) is 5.82 Å². The van der Waals surface area contributed by atoms with E-state index in [9.17, 15) is 14.0 Å². The molecule has 0 bridgehead atoms. The molecule has 1 aliphatic rings. The summed E-state index contributed by atoms with van der Waals surface area (Å²) >= 11 is 6.45. The number of aromatic nitrogens is 1. The zero-order chi connectivity index (χ0) is 19.7. The first-order valence-corrected chi connectivity index (χ1v) is 9.23. The summed E-state index contributed by atoms with van der Waals surface area (Å²) in [6.45, 7) is 3.46. The highest BCUT2D eigenvalue weighted by Crippen LogP contribution is 2.39. The van der Waals surface area contributed by atoms with Crippen molar-refractivity contribution in [2.24, 2.45) is 5.73 Å². The second-order valence-corrected chi connectivity index (χ2v) is 7.23. The molecule has 1 fully saturated rings. The molecule has 5 nitrogen and oxygen atoms in total. The fourth-order valence-corrected chi connectivity index (χ4v) is 4.24. The number of hydrogen-bond donors (Lipinski definition) is 2. The molecule has 1 aromatic carbocycles. The van der Waals surface area contributed by atoms with E-state index in [0.29, 0.717) is 22.3 Å². The van der Waals surface area contributed by atoms with Gasteiger partial charge >= 0.3 is 0 Å². The number of amides is 2. The summed E-state index contributed by atoms with van der Waals surface area (Å²) in [4.78, 5) is 23.7. The fourth-order valence-electron chi connectivity index (χ4n) is 4.00. The number of nitrogens with zero attached hydrogens (tertiary/aromatic N) is 1. The van der Waals surface area contributed by atoms with E-state index in [1.54, 1.807) is 6.92 Å². The standard InChI is InChI=1S/C20H21ClFN3O2/c1-3-5-17(26)24-13-6-4-7-14(10-13)25-11(2)18(21)15-8-12(22)9-16(19(15)25)20(23)27/h8-9,13-14H,4,6-7,10H2,1-2H3,(H2,23,27)(H,24,26)/t13-,14+/m1/s1. The van der Waals surface area contributed by atoms with Gasteiger partial charge in [-0.1, -0.05) is 17.5 Å². The molecule has 0 spiro atoms. The summed E-state index contributed by atoms with van der Waals surface area (Å²) in [7, 11) is 0. The Morgan fingerprint density at radius 2 is 2.11 bits per heavy atom. The lowest BCUT2D eigenvalue weighted by Crippen LogP contribution is -2.38. The number of carbonyl (C=O) groups is 2. The summed E-state index contributed by atoms with van der Waals surface area (Å²) in [5.41, 5.74) is 6.92. The smallest absolute Gasteiger partial charge is 0.296 e. The molecular weight excluding hydrogens is 369 g/mol. The van der Waals surface area contributed by atoms with E-state index in [0.717, 1.165) is 31.0 Å². The van der Waals surface area contributed by atoms with Crippen LogP contribution in [0.1, 0.15) is 54.7 Å². The Kier molecular flexibility index (Phi) is 5.43. The molecule has 2 atom stereocenters. The second-order valence-electron chi connectivity index (χ2n) is 6.85. The number of halogens is 2. The van der Waals surface area contributed by atoms with Crippen LogP contribution in [-0.2, 0) is 4.79 Å². The predicted octanol–water partition coefficient (Wildman–Crippen LogP) is 3.46. The van der Waals surface area contributed by atoms with Crippen LogP contribution in [-0.4, -0.2) is 22.4 Å². The van der Waals surface area contributed by atoms with E-state index in [-0.39, 0.29) is 23.6 Å². The zero-order valence-electron chi connectivity index (χ0n) is 15.2. The molecule has 0 radical (unpaired) electrons. The second kappa shape index (κ2) is 7.61. The third-order valence-corrected chi connectivity index (χ3v) is 5.56. The monoisotopic (exact) mass is 389 g/mol. The van der Waals surface area contributed by atoms with Gasteiger partial charge in [-0.25, -0.2) is 4.39 Å². The van der Waals surface area contributed by atoms with Crippen LogP contribution < -0.4 is 11.1 Å². The molecule has 0 saturated heterocycles. The van der Waals surface area contributed by atoms with Gasteiger partial charge in [0, 0.05) is 23.2 Å². The molecule has 1 heterocycles. The van der Waals surface area contributed by atoms with E-state index in [1.165, 1.54) is 6.07 Å². The Balaban J connectivity index is 2.05. The van der Waals surface area contributed by atoms with Crippen molar-refractivity contribution < 1.29 is 14.0 Å². The summed E-state index contributed by atoms with van der Waals surface area (Å²) in [6.07, 6.45) is 3.30. The maximum Gasteiger partial charge on any atom is 0.296 e. The van der Waals surface area contributed by atoms with Crippen molar-refractivity contribution in [1.29, 1.82) is 0 Å². The van der Waals surface area contributed by atoms with E-state index in [4.69, 9.17) is 17.3 Å². The number of benzene rings is 1. The van der Waals surface area contributed by atoms with Gasteiger partial charge < -0.3 is 15.6 Å². The molecule has 7 heteroatoms. The topological polar surface area (TPSA) is 77.1 Å². The summed E-state index contributed by atoms with van der Waals surface area (Å²) in [5, 5.41) is 3.82. The predicted molar refractivity (Wildman–Crippen MR) is 103 cm³/mol. The molecular formula is C20H21ClFN3O2. The molecule has 1 saturated carbocycles. The molecule has 0 unspecified atom stereocenters. The lowest BCUT2D eigenvalue weighted by atomic mass is 9.90. The quantitative estimate of drug-likeness (QED) is 0.788. The van der Waals surface area contributed by atoms with Gasteiger partial charge in [-0.2, -0.15) is 0 Å². The van der Waals surface area contributed by atoms with Crippen LogP contribution in [0.2, 0.25) is 5.02 Å². The molecule has 3 N–H and O–H groups in total. The van der Waals surface area contributed by atoms with Crippen molar-refractivity contribution >= 4 is 34.3 Å². The van der Waals surface area contributed by atoms with Gasteiger partial charge in [-0.15, -0.1) is 0 Å². The van der Waals surface area contributed by atoms with Crippen LogP contribution in [0, 0.1) is 24.6 Å². The highest BCUT2D eigenvalue weighted by molar-refractivity contribution is 6.37. The van der Waals surface area contributed by atoms with Gasteiger partial charge in [0.25, 0.3) is 11.8 Å². The highest BCUT2D eigenvalue weighted by atomic mass is 35.5. The molecule has 142 valence electrons. The minimum atomic E-state index is -0.700. The largest absolute Gasteiger partial charge is 0.366 e. The normalized spacial score (nSPS) is 19.4. The first kappa shape index (κ1) is 19.2. The summed E-state index contributed by atoms with van der Waals surface area (Å²) in [5.74, 6) is 3.53. The molecule has 1 aliphatic carbocycles. The van der Waals surface area contributed by atoms with E-state index >= 15 is 0 Å². The van der Waals surface area contributed by atoms with Crippen molar-refractivity contribution in [3.63, 3.8) is 0 Å². The van der Waals surface area contributed by atoms with Crippen LogP contribution in [0.3, 0.4) is 0 Å². The van der Waals surface area contributed by atoms with Gasteiger partial charge in [0.2, 0.25) is 0 Å². The van der Waals surface area contributed by atoms with Crippen LogP contribution >= 0.6 is 11.6 Å². The number of carbonyl (C=O) groups excluding carboxylic acids is 2. The number of hydrogen-bond acceptors (Lipinski definition) is 2. The van der Waals surface area contributed by atoms with Crippen LogP contribution in [0.15, 0.2) is 12.1 Å². The Morgan fingerprint density at radius 3 is 2.78 bits per heavy atom. The Labute approximate surface area is 162 Å². The van der Waals surface area contributed by atoms with E-state index in [2.05, 4.69) is 17.2 Å². The number of rotatable bonds is 3. The first-order valence-electron chi connectivity index (χ1n) is 8.86. The number of fused-ring (bicyclic) bond motifs is 1. The van der Waals surface area contributed by atoms with Gasteiger partial charge in [0.05, 0.1) is 16.1 Å². The van der Waals surface area contributed by atoms with Crippen molar-refractivity contribution in [3.05, 3.63) is 34.2 Å². The average Bonchev–Trinajstić information content (AvgIpc) is 2.86. The maximum atomic E-state index is 14.0. The molecule has 0 aliphatic heterocycles. The molecule has 1 aromatic heterocycles. The van der Waals surface area contributed by atoms with Crippen LogP contribution in [0.25, 0.3) is 10.9 Å². The number of nitrogens with two attached hydrogens (primary N) is 1. The highest BCUT2D eigenvalue weighted by Gasteiger charge is 2.29. The lowest BCUT2D eigenvalue weighted by molar-refractivity contribution is -0.116. The minimum Gasteiger partial charge on any atom is -0.366 e. The summed E-state index contributed by atoms with van der Waals surface area (Å²) < 4.78 is 15.9. The zero-order valence-corrected chi connectivity index (χ0v) is 16.0. The van der Waals surface area contributed by atoms with Gasteiger partial charge in [-0.3, -0.25) is 9.59 Å². The number of nitrogens with one attached hydrogen (secondary N) is 1. The average molecular weight is 390 g/mol. The molecule has 27 heavy (non-hydrogen) atoms. The van der Waals surface area contributed by atoms with Crippen molar-refractivity contribution in [3.8, 4) is 11.8 Å². The Bertz CT molecular complexity index is 987. The van der Waals surface area contributed by atoms with Gasteiger partial charge in [-0.05, 0) is 57.6 Å². The SMILES string of the molecule is CC#CC(=O)N[C@@H]1CCC[C@H](n2c(C)c(Cl)c3cc(F)cc(C(N)=O)c32)C1. The van der Waals surface area contributed by atoms with Crippen LogP contribution in [0.5, 0.6) is 0 Å². The molecule has 3 rings (SSSR count). The third-order valence-electron chi connectivity index (χ3n) is 5.08. The van der Waals surface area contributed by atoms with Crippen LogP contribution in [0.4, 0.5) is 4.39 Å². The van der Waals surface area contributed by atoms with Crippen molar-refractivity contribution in [1.82, 2.24) is 9.88 Å². The third kappa shape index (κ3) is 3.65. The summed E-state index contributed by atoms with van der Waals surface area (Å²) in [6, 6.07) is 2.46. The van der Waals surface area contributed by atoms with Gasteiger partial charge in [0.15, 0.2) is 0 Å². The molecule has 2 amide bonds. The Morgan fingerprint density at radius 1 is 1.37 bits per heavy atom. The Hall–Kier alpha value is -2.52. The fraction of sp³-hybridized carbons (Fsp3) is 0.400. The molecule has 2 aromatic rings. The lowest BCUT2D eigenvalue weighted by Gasteiger charge is -2.32. The van der Waals surface area contributed by atoms with E-state index in [1.807, 2.05) is 11.5 Å². The van der Waals surface area contributed by atoms with Crippen molar-refractivity contribution in [2.75, 3.05) is 0 Å². The first-order chi connectivity index (χ1) is 12.8. The maximum absolute atomic E-state index is 14.0.